The molecule has 1 atom stereocenters. The standard InChI is InChI=1S/C10H16N4O/c11-10(15)9-2-1-4-14(9)5-3-8-6-12-7-13-8/h6-7,9H,1-5H2,(H2,11,15)(H,12,13)/t9-/m0/s1. The number of hydrogen-bond acceptors (Lipinski definition) is 3. The Morgan fingerprint density at radius 3 is 3.27 bits per heavy atom. The average Bonchev–Trinajstić information content (AvgIpc) is 2.86. The first-order chi connectivity index (χ1) is 7.27. The van der Waals surface area contributed by atoms with Gasteiger partial charge >= 0.3 is 0 Å². The zero-order valence-corrected chi connectivity index (χ0v) is 8.65. The maximum atomic E-state index is 11.1. The topological polar surface area (TPSA) is 75.0 Å². The van der Waals surface area contributed by atoms with Crippen molar-refractivity contribution in [2.45, 2.75) is 25.3 Å². The minimum Gasteiger partial charge on any atom is -0.368 e. The summed E-state index contributed by atoms with van der Waals surface area (Å²) in [6.07, 6.45) is 6.35. The third-order valence-corrected chi connectivity index (χ3v) is 2.92. The van der Waals surface area contributed by atoms with Crippen LogP contribution < -0.4 is 5.73 Å². The van der Waals surface area contributed by atoms with E-state index in [9.17, 15) is 4.79 Å². The molecule has 1 saturated heterocycles. The number of H-pyrrole nitrogens is 1. The summed E-state index contributed by atoms with van der Waals surface area (Å²) in [5.41, 5.74) is 6.44. The van der Waals surface area contributed by atoms with E-state index in [1.54, 1.807) is 6.33 Å². The van der Waals surface area contributed by atoms with Crippen LogP contribution in [-0.4, -0.2) is 39.9 Å². The van der Waals surface area contributed by atoms with Crippen molar-refractivity contribution in [2.75, 3.05) is 13.1 Å². The summed E-state index contributed by atoms with van der Waals surface area (Å²) < 4.78 is 0. The molecule has 0 spiro atoms. The van der Waals surface area contributed by atoms with Crippen molar-refractivity contribution in [1.82, 2.24) is 14.9 Å². The second kappa shape index (κ2) is 4.44. The Bertz CT molecular complexity index is 322. The molecule has 3 N–H and O–H groups in total. The van der Waals surface area contributed by atoms with Crippen LogP contribution in [0.4, 0.5) is 0 Å². The molecular formula is C10H16N4O. The van der Waals surface area contributed by atoms with Gasteiger partial charge in [0.25, 0.3) is 0 Å². The molecule has 2 heterocycles. The Labute approximate surface area is 88.7 Å². The van der Waals surface area contributed by atoms with Gasteiger partial charge in [0.1, 0.15) is 0 Å². The lowest BCUT2D eigenvalue weighted by atomic mass is 10.2. The highest BCUT2D eigenvalue weighted by Gasteiger charge is 2.28. The van der Waals surface area contributed by atoms with Crippen molar-refractivity contribution < 1.29 is 4.79 Å². The van der Waals surface area contributed by atoms with Gasteiger partial charge in [0, 0.05) is 24.9 Å². The van der Waals surface area contributed by atoms with Crippen molar-refractivity contribution in [2.24, 2.45) is 5.73 Å². The normalized spacial score (nSPS) is 22.0. The Morgan fingerprint density at radius 2 is 2.60 bits per heavy atom. The smallest absolute Gasteiger partial charge is 0.234 e. The SMILES string of the molecule is NC(=O)[C@@H]1CCCN1CCc1cnc[nH]1. The lowest BCUT2D eigenvalue weighted by Gasteiger charge is -2.21. The molecule has 0 bridgehead atoms. The molecule has 0 aliphatic carbocycles. The van der Waals surface area contributed by atoms with Gasteiger partial charge in [-0.1, -0.05) is 0 Å². The van der Waals surface area contributed by atoms with Crippen molar-refractivity contribution in [3.8, 4) is 0 Å². The third kappa shape index (κ3) is 2.36. The molecule has 1 aromatic heterocycles. The molecule has 15 heavy (non-hydrogen) atoms. The Morgan fingerprint density at radius 1 is 1.73 bits per heavy atom. The fourth-order valence-electron chi connectivity index (χ4n) is 2.10. The molecule has 0 radical (unpaired) electrons. The second-order valence-corrected chi connectivity index (χ2v) is 3.92. The maximum absolute atomic E-state index is 11.1. The van der Waals surface area contributed by atoms with Crippen LogP contribution in [0.25, 0.3) is 0 Å². The zero-order chi connectivity index (χ0) is 10.7. The summed E-state index contributed by atoms with van der Waals surface area (Å²) in [5, 5.41) is 0. The van der Waals surface area contributed by atoms with Crippen LogP contribution in [0.2, 0.25) is 0 Å². The zero-order valence-electron chi connectivity index (χ0n) is 8.65. The highest BCUT2D eigenvalue weighted by Crippen LogP contribution is 2.16. The number of amides is 1. The third-order valence-electron chi connectivity index (χ3n) is 2.92. The number of imidazole rings is 1. The quantitative estimate of drug-likeness (QED) is 0.725. The number of hydrogen-bond donors (Lipinski definition) is 2. The number of carbonyl (C=O) groups excluding carboxylic acids is 1. The van der Waals surface area contributed by atoms with Crippen LogP contribution in [0.3, 0.4) is 0 Å². The molecule has 1 aliphatic rings. The van der Waals surface area contributed by atoms with Crippen molar-refractivity contribution in [3.63, 3.8) is 0 Å². The van der Waals surface area contributed by atoms with Gasteiger partial charge in [0.2, 0.25) is 5.91 Å². The first-order valence-electron chi connectivity index (χ1n) is 5.28. The predicted molar refractivity (Wildman–Crippen MR) is 56.1 cm³/mol. The Balaban J connectivity index is 1.86. The van der Waals surface area contributed by atoms with Crippen LogP contribution in [0, 0.1) is 0 Å². The van der Waals surface area contributed by atoms with Gasteiger partial charge in [0.15, 0.2) is 0 Å². The summed E-state index contributed by atoms with van der Waals surface area (Å²) in [6.45, 7) is 1.84. The molecule has 5 heteroatoms. The summed E-state index contributed by atoms with van der Waals surface area (Å²) in [6, 6.07) is -0.0621. The van der Waals surface area contributed by atoms with E-state index in [-0.39, 0.29) is 11.9 Å². The fraction of sp³-hybridized carbons (Fsp3) is 0.600. The molecule has 0 aromatic carbocycles. The van der Waals surface area contributed by atoms with E-state index in [0.717, 1.165) is 38.0 Å². The van der Waals surface area contributed by atoms with Crippen LogP contribution in [-0.2, 0) is 11.2 Å². The molecular weight excluding hydrogens is 192 g/mol. The van der Waals surface area contributed by atoms with Crippen molar-refractivity contribution in [1.29, 1.82) is 0 Å². The maximum Gasteiger partial charge on any atom is 0.234 e. The van der Waals surface area contributed by atoms with E-state index in [1.807, 2.05) is 6.20 Å². The molecule has 5 nitrogen and oxygen atoms in total. The first kappa shape index (κ1) is 10.2. The minimum atomic E-state index is -0.197. The van der Waals surface area contributed by atoms with Gasteiger partial charge in [-0.2, -0.15) is 0 Å². The van der Waals surface area contributed by atoms with Crippen molar-refractivity contribution >= 4 is 5.91 Å². The Kier molecular flexibility index (Phi) is 3.01. The number of nitrogens with zero attached hydrogens (tertiary/aromatic N) is 2. The van der Waals surface area contributed by atoms with Gasteiger partial charge in [-0.15, -0.1) is 0 Å². The van der Waals surface area contributed by atoms with Crippen molar-refractivity contribution in [3.05, 3.63) is 18.2 Å². The van der Waals surface area contributed by atoms with Gasteiger partial charge in [-0.25, -0.2) is 4.98 Å². The summed E-state index contributed by atoms with van der Waals surface area (Å²) >= 11 is 0. The number of aromatic amines is 1. The average molecular weight is 208 g/mol. The molecule has 2 rings (SSSR count). The Hall–Kier alpha value is -1.36. The predicted octanol–water partition coefficient (Wildman–Crippen LogP) is -0.0981. The van der Waals surface area contributed by atoms with Crippen LogP contribution in [0.15, 0.2) is 12.5 Å². The van der Waals surface area contributed by atoms with Gasteiger partial charge < -0.3 is 10.7 Å². The largest absolute Gasteiger partial charge is 0.368 e. The molecule has 82 valence electrons. The lowest BCUT2D eigenvalue weighted by Crippen LogP contribution is -2.41. The van der Waals surface area contributed by atoms with E-state index in [1.165, 1.54) is 0 Å². The number of aromatic nitrogens is 2. The number of carbonyl (C=O) groups is 1. The molecule has 1 fully saturated rings. The van der Waals surface area contributed by atoms with E-state index in [2.05, 4.69) is 14.9 Å². The molecule has 1 aliphatic heterocycles. The van der Waals surface area contributed by atoms with Crippen LogP contribution in [0.5, 0.6) is 0 Å². The number of rotatable bonds is 4. The highest BCUT2D eigenvalue weighted by molar-refractivity contribution is 5.80. The van der Waals surface area contributed by atoms with Crippen LogP contribution >= 0.6 is 0 Å². The molecule has 1 aromatic rings. The number of likely N-dealkylation sites (tertiary alicyclic amines) is 1. The van der Waals surface area contributed by atoms with Gasteiger partial charge in [0.05, 0.1) is 12.4 Å². The fourth-order valence-corrected chi connectivity index (χ4v) is 2.10. The van der Waals surface area contributed by atoms with E-state index in [0.29, 0.717) is 0 Å². The van der Waals surface area contributed by atoms with E-state index in [4.69, 9.17) is 5.73 Å². The summed E-state index contributed by atoms with van der Waals surface area (Å²) in [5.74, 6) is -0.197. The van der Waals surface area contributed by atoms with Crippen LogP contribution in [0.1, 0.15) is 18.5 Å². The lowest BCUT2D eigenvalue weighted by molar-refractivity contribution is -0.122. The molecule has 0 unspecified atom stereocenters. The summed E-state index contributed by atoms with van der Waals surface area (Å²) in [4.78, 5) is 20.3. The minimum absolute atomic E-state index is 0.0621. The highest BCUT2D eigenvalue weighted by atomic mass is 16.1. The summed E-state index contributed by atoms with van der Waals surface area (Å²) in [7, 11) is 0. The number of primary amides is 1. The van der Waals surface area contributed by atoms with E-state index >= 15 is 0 Å². The molecule has 1 amide bonds. The monoisotopic (exact) mass is 208 g/mol. The molecule has 0 saturated carbocycles. The van der Waals surface area contributed by atoms with Gasteiger partial charge in [-0.3, -0.25) is 9.69 Å². The number of nitrogens with two attached hydrogens (primary N) is 1. The second-order valence-electron chi connectivity index (χ2n) is 3.92. The van der Waals surface area contributed by atoms with E-state index < -0.39 is 0 Å². The number of nitrogens with one attached hydrogen (secondary N) is 1. The first-order valence-corrected chi connectivity index (χ1v) is 5.28. The van der Waals surface area contributed by atoms with Gasteiger partial charge in [-0.05, 0) is 19.4 Å².